The largest absolute Gasteiger partial charge is 0.491 e. The van der Waals surface area contributed by atoms with Crippen molar-refractivity contribution in [2.45, 2.75) is 38.5 Å². The minimum absolute atomic E-state index is 0.219. The van der Waals surface area contributed by atoms with Gasteiger partial charge in [-0.25, -0.2) is 9.97 Å². The third-order valence-corrected chi connectivity index (χ3v) is 6.14. The number of piperazine rings is 1. The lowest BCUT2D eigenvalue weighted by Crippen LogP contribution is -2.50. The Morgan fingerprint density at radius 3 is 3.00 bits per heavy atom. The highest BCUT2D eigenvalue weighted by atomic mass is 16.5. The van der Waals surface area contributed by atoms with Gasteiger partial charge in [0.15, 0.2) is 5.82 Å². The Labute approximate surface area is 195 Å². The first-order chi connectivity index (χ1) is 16.0. The summed E-state index contributed by atoms with van der Waals surface area (Å²) in [7, 11) is 1.80. The molecule has 2 aliphatic rings. The molecule has 0 radical (unpaired) electrons. The van der Waals surface area contributed by atoms with Gasteiger partial charge in [0.2, 0.25) is 0 Å². The van der Waals surface area contributed by atoms with Crippen LogP contribution in [0.25, 0.3) is 11.4 Å². The molecule has 3 unspecified atom stereocenters. The van der Waals surface area contributed by atoms with Crippen LogP contribution in [0.15, 0.2) is 24.3 Å². The molecule has 0 aliphatic carbocycles. The first-order valence-electron chi connectivity index (χ1n) is 11.8. The predicted octanol–water partition coefficient (Wildman–Crippen LogP) is 1.41. The third-order valence-electron chi connectivity index (χ3n) is 6.14. The van der Waals surface area contributed by atoms with E-state index in [4.69, 9.17) is 19.4 Å². The van der Waals surface area contributed by atoms with E-state index in [1.807, 2.05) is 24.3 Å². The van der Waals surface area contributed by atoms with Gasteiger partial charge in [0.1, 0.15) is 30.1 Å². The van der Waals surface area contributed by atoms with Gasteiger partial charge in [-0.1, -0.05) is 12.1 Å². The maximum atomic E-state index is 9.96. The van der Waals surface area contributed by atoms with Crippen molar-refractivity contribution in [3.63, 3.8) is 0 Å². The molecule has 3 atom stereocenters. The van der Waals surface area contributed by atoms with Crippen molar-refractivity contribution in [3.8, 4) is 17.1 Å². The van der Waals surface area contributed by atoms with Gasteiger partial charge in [-0.2, -0.15) is 0 Å². The SMILES string of the molecule is CNCC(O)COc1cccc(-c2nc(NC3CCOC3)c(C)c(N3CCNCC3C)n2)c1. The minimum Gasteiger partial charge on any atom is -0.491 e. The maximum absolute atomic E-state index is 9.96. The molecule has 4 N–H and O–H groups in total. The molecule has 0 bridgehead atoms. The molecule has 33 heavy (non-hydrogen) atoms. The molecule has 0 amide bonds. The number of hydrogen-bond acceptors (Lipinski definition) is 9. The van der Waals surface area contributed by atoms with E-state index in [1.165, 1.54) is 0 Å². The molecule has 1 aromatic carbocycles. The van der Waals surface area contributed by atoms with Crippen molar-refractivity contribution in [1.82, 2.24) is 20.6 Å². The van der Waals surface area contributed by atoms with Gasteiger partial charge < -0.3 is 35.4 Å². The lowest BCUT2D eigenvalue weighted by Gasteiger charge is -2.36. The summed E-state index contributed by atoms with van der Waals surface area (Å²) in [6.07, 6.45) is 0.399. The van der Waals surface area contributed by atoms with Gasteiger partial charge in [0, 0.05) is 50.0 Å². The fourth-order valence-electron chi connectivity index (χ4n) is 4.26. The van der Waals surface area contributed by atoms with E-state index in [2.05, 4.69) is 34.7 Å². The Bertz CT molecular complexity index is 921. The summed E-state index contributed by atoms with van der Waals surface area (Å²) >= 11 is 0. The number of aliphatic hydroxyl groups is 1. The van der Waals surface area contributed by atoms with E-state index in [0.29, 0.717) is 30.8 Å². The summed E-state index contributed by atoms with van der Waals surface area (Å²) in [6, 6.07) is 8.34. The van der Waals surface area contributed by atoms with Gasteiger partial charge in [-0.15, -0.1) is 0 Å². The minimum atomic E-state index is -0.570. The molecular weight excluding hydrogens is 420 g/mol. The second kappa shape index (κ2) is 11.1. The van der Waals surface area contributed by atoms with Crippen molar-refractivity contribution < 1.29 is 14.6 Å². The van der Waals surface area contributed by atoms with Crippen LogP contribution < -0.4 is 25.6 Å². The average molecular weight is 457 g/mol. The monoisotopic (exact) mass is 456 g/mol. The van der Waals surface area contributed by atoms with Crippen molar-refractivity contribution in [1.29, 1.82) is 0 Å². The fraction of sp³-hybridized carbons (Fsp3) is 0.583. The Morgan fingerprint density at radius 1 is 1.36 bits per heavy atom. The van der Waals surface area contributed by atoms with Crippen molar-refractivity contribution in [3.05, 3.63) is 29.8 Å². The van der Waals surface area contributed by atoms with Gasteiger partial charge in [-0.3, -0.25) is 0 Å². The Balaban J connectivity index is 1.65. The second-order valence-electron chi connectivity index (χ2n) is 8.85. The molecule has 4 rings (SSSR count). The molecule has 0 saturated carbocycles. The van der Waals surface area contributed by atoms with Crippen LogP contribution in [-0.2, 0) is 4.74 Å². The molecule has 3 heterocycles. The number of likely N-dealkylation sites (N-methyl/N-ethyl adjacent to an activating group) is 1. The van der Waals surface area contributed by atoms with Gasteiger partial charge in [0.05, 0.1) is 12.6 Å². The van der Waals surface area contributed by atoms with Crippen LogP contribution >= 0.6 is 0 Å². The summed E-state index contributed by atoms with van der Waals surface area (Å²) in [6.45, 7) is 9.23. The maximum Gasteiger partial charge on any atom is 0.164 e. The first-order valence-corrected chi connectivity index (χ1v) is 11.8. The Kier molecular flexibility index (Phi) is 7.97. The number of aromatic nitrogens is 2. The standard InChI is InChI=1S/C24H36N6O3/c1-16-12-26-8-9-30(16)24-17(2)22(27-19-7-10-32-14-19)28-23(29-24)18-5-4-6-21(11-18)33-15-20(31)13-25-3/h4-6,11,16,19-20,25-26,31H,7-10,12-15H2,1-3H3,(H,27,28,29). The smallest absolute Gasteiger partial charge is 0.164 e. The molecule has 2 fully saturated rings. The zero-order valence-electron chi connectivity index (χ0n) is 19.8. The van der Waals surface area contributed by atoms with Crippen LogP contribution in [0, 0.1) is 6.92 Å². The van der Waals surface area contributed by atoms with E-state index in [9.17, 15) is 5.11 Å². The summed E-state index contributed by atoms with van der Waals surface area (Å²) in [4.78, 5) is 12.3. The van der Waals surface area contributed by atoms with E-state index in [0.717, 1.165) is 55.4 Å². The average Bonchev–Trinajstić information content (AvgIpc) is 3.33. The first kappa shape index (κ1) is 23.7. The normalized spacial score (nSPS) is 21.8. The Morgan fingerprint density at radius 2 is 2.24 bits per heavy atom. The second-order valence-corrected chi connectivity index (χ2v) is 8.85. The lowest BCUT2D eigenvalue weighted by molar-refractivity contribution is 0.108. The molecule has 2 aliphatic heterocycles. The lowest BCUT2D eigenvalue weighted by atomic mass is 10.1. The summed E-state index contributed by atoms with van der Waals surface area (Å²) in [5.74, 6) is 3.16. The van der Waals surface area contributed by atoms with Crippen LogP contribution in [0.4, 0.5) is 11.6 Å². The molecule has 2 saturated heterocycles. The molecule has 9 heteroatoms. The zero-order chi connectivity index (χ0) is 23.2. The van der Waals surface area contributed by atoms with Gasteiger partial charge >= 0.3 is 0 Å². The molecule has 1 aromatic heterocycles. The highest BCUT2D eigenvalue weighted by molar-refractivity contribution is 5.67. The van der Waals surface area contributed by atoms with Crippen LogP contribution in [0.2, 0.25) is 0 Å². The quantitative estimate of drug-likeness (QED) is 0.446. The predicted molar refractivity (Wildman–Crippen MR) is 130 cm³/mol. The topological polar surface area (TPSA) is 104 Å². The summed E-state index contributed by atoms with van der Waals surface area (Å²) in [5.41, 5.74) is 1.94. The third kappa shape index (κ3) is 5.92. The summed E-state index contributed by atoms with van der Waals surface area (Å²) < 4.78 is 11.4. The zero-order valence-corrected chi connectivity index (χ0v) is 19.8. The van der Waals surface area contributed by atoms with Crippen LogP contribution in [0.5, 0.6) is 5.75 Å². The van der Waals surface area contributed by atoms with Crippen molar-refractivity contribution in [2.75, 3.05) is 63.3 Å². The number of nitrogens with zero attached hydrogens (tertiary/aromatic N) is 3. The van der Waals surface area contributed by atoms with E-state index in [-0.39, 0.29) is 12.6 Å². The molecule has 0 spiro atoms. The van der Waals surface area contributed by atoms with Gasteiger partial charge in [0.25, 0.3) is 0 Å². The fourth-order valence-corrected chi connectivity index (χ4v) is 4.26. The molecule has 180 valence electrons. The number of rotatable bonds is 9. The van der Waals surface area contributed by atoms with Gasteiger partial charge in [-0.05, 0) is 39.4 Å². The molecule has 2 aromatic rings. The summed E-state index contributed by atoms with van der Waals surface area (Å²) in [5, 5.41) is 20.0. The highest BCUT2D eigenvalue weighted by Crippen LogP contribution is 2.31. The Hall–Kier alpha value is -2.46. The number of hydrogen-bond donors (Lipinski definition) is 4. The van der Waals surface area contributed by atoms with Crippen LogP contribution in [0.3, 0.4) is 0 Å². The number of benzene rings is 1. The van der Waals surface area contributed by atoms with Crippen LogP contribution in [0.1, 0.15) is 18.9 Å². The number of ether oxygens (including phenoxy) is 2. The number of anilines is 2. The molecular formula is C24H36N6O3. The van der Waals surface area contributed by atoms with Crippen molar-refractivity contribution in [2.24, 2.45) is 0 Å². The van der Waals surface area contributed by atoms with E-state index >= 15 is 0 Å². The van der Waals surface area contributed by atoms with E-state index in [1.54, 1.807) is 7.05 Å². The van der Waals surface area contributed by atoms with Crippen molar-refractivity contribution >= 4 is 11.6 Å². The van der Waals surface area contributed by atoms with Crippen LogP contribution in [-0.4, -0.2) is 86.3 Å². The highest BCUT2D eigenvalue weighted by Gasteiger charge is 2.25. The number of aliphatic hydroxyl groups excluding tert-OH is 1. The number of nitrogens with one attached hydrogen (secondary N) is 3. The van der Waals surface area contributed by atoms with E-state index < -0.39 is 6.10 Å². The molecule has 9 nitrogen and oxygen atoms in total.